The molecule has 26 heavy (non-hydrogen) atoms. The fourth-order valence-corrected chi connectivity index (χ4v) is 3.70. The zero-order chi connectivity index (χ0) is 18.9. The molecule has 0 bridgehead atoms. The van der Waals surface area contributed by atoms with E-state index in [1.54, 1.807) is 54.9 Å². The van der Waals surface area contributed by atoms with Gasteiger partial charge < -0.3 is 19.3 Å². The molecule has 136 valence electrons. The predicted molar refractivity (Wildman–Crippen MR) is 96.8 cm³/mol. The summed E-state index contributed by atoms with van der Waals surface area (Å²) in [7, 11) is 3.35. The first-order valence-electron chi connectivity index (χ1n) is 8.63. The van der Waals surface area contributed by atoms with E-state index >= 15 is 0 Å². The van der Waals surface area contributed by atoms with Crippen molar-refractivity contribution in [2.75, 3.05) is 13.7 Å². The Morgan fingerprint density at radius 1 is 1.38 bits per heavy atom. The molecule has 2 heterocycles. The average molecular weight is 353 g/mol. The summed E-state index contributed by atoms with van der Waals surface area (Å²) in [6.45, 7) is 2.33. The lowest BCUT2D eigenvalue weighted by molar-refractivity contribution is -0.0180. The Morgan fingerprint density at radius 3 is 2.65 bits per heavy atom. The number of hydrogen-bond donors (Lipinski definition) is 1. The zero-order valence-electron chi connectivity index (χ0n) is 15.3. The number of ether oxygens (including phenoxy) is 1. The third kappa shape index (κ3) is 3.06. The van der Waals surface area contributed by atoms with E-state index in [-0.39, 0.29) is 11.9 Å². The van der Waals surface area contributed by atoms with Gasteiger partial charge in [-0.25, -0.2) is 0 Å². The van der Waals surface area contributed by atoms with E-state index in [0.717, 1.165) is 24.2 Å². The van der Waals surface area contributed by atoms with Gasteiger partial charge in [-0.2, -0.15) is 5.26 Å². The van der Waals surface area contributed by atoms with Crippen LogP contribution in [0, 0.1) is 11.3 Å². The SMILES string of the molecule is COc1ccc(C(C)(O)C2CCCN2C(=O)c2cc(C#N)cn2C)cc1. The van der Waals surface area contributed by atoms with Crippen molar-refractivity contribution in [2.24, 2.45) is 7.05 Å². The fraction of sp³-hybridized carbons (Fsp3) is 0.400. The standard InChI is InChI=1S/C20H23N3O3/c1-20(25,15-6-8-16(26-3)9-7-15)18-5-4-10-23(18)19(24)17-11-14(12-21)13-22(17)2/h6-9,11,13,18,25H,4-5,10H2,1-3H3. The summed E-state index contributed by atoms with van der Waals surface area (Å²) in [5.41, 5.74) is 0.474. The van der Waals surface area contributed by atoms with Gasteiger partial charge >= 0.3 is 0 Å². The topological polar surface area (TPSA) is 78.5 Å². The Labute approximate surface area is 153 Å². The Hall–Kier alpha value is -2.78. The van der Waals surface area contributed by atoms with Crippen LogP contribution in [0.4, 0.5) is 0 Å². The lowest BCUT2D eigenvalue weighted by atomic mass is 9.86. The molecule has 0 radical (unpaired) electrons. The van der Waals surface area contributed by atoms with E-state index in [9.17, 15) is 9.90 Å². The molecule has 0 spiro atoms. The van der Waals surface area contributed by atoms with Gasteiger partial charge in [-0.05, 0) is 43.5 Å². The normalized spacial score (nSPS) is 19.0. The number of rotatable bonds is 4. The van der Waals surface area contributed by atoms with E-state index in [4.69, 9.17) is 10.00 Å². The average Bonchev–Trinajstić information content (AvgIpc) is 3.28. The fourth-order valence-electron chi connectivity index (χ4n) is 3.70. The molecule has 1 aliphatic rings. The lowest BCUT2D eigenvalue weighted by Gasteiger charge is -2.37. The highest BCUT2D eigenvalue weighted by Gasteiger charge is 2.43. The summed E-state index contributed by atoms with van der Waals surface area (Å²) in [6, 6.07) is 10.6. The van der Waals surface area contributed by atoms with E-state index in [1.165, 1.54) is 0 Å². The van der Waals surface area contributed by atoms with Crippen LogP contribution in [0.1, 0.15) is 41.4 Å². The maximum Gasteiger partial charge on any atom is 0.270 e. The monoisotopic (exact) mass is 353 g/mol. The van der Waals surface area contributed by atoms with Crippen molar-refractivity contribution < 1.29 is 14.6 Å². The molecule has 1 fully saturated rings. The quantitative estimate of drug-likeness (QED) is 0.916. The van der Waals surface area contributed by atoms with Gasteiger partial charge in [0.25, 0.3) is 5.91 Å². The summed E-state index contributed by atoms with van der Waals surface area (Å²) in [6.07, 6.45) is 3.19. The lowest BCUT2D eigenvalue weighted by Crippen LogP contribution is -2.48. The maximum absolute atomic E-state index is 13.1. The van der Waals surface area contributed by atoms with Crippen molar-refractivity contribution in [3.05, 3.63) is 53.3 Å². The zero-order valence-corrected chi connectivity index (χ0v) is 15.3. The highest BCUT2D eigenvalue weighted by molar-refractivity contribution is 5.93. The van der Waals surface area contributed by atoms with Crippen LogP contribution in [0.2, 0.25) is 0 Å². The molecule has 3 rings (SSSR count). The molecule has 6 heteroatoms. The second kappa shape index (κ2) is 6.85. The first-order chi connectivity index (χ1) is 12.4. The third-order valence-corrected chi connectivity index (χ3v) is 5.19. The second-order valence-electron chi connectivity index (χ2n) is 6.87. The minimum atomic E-state index is -1.18. The van der Waals surface area contributed by atoms with Crippen molar-refractivity contribution in [1.82, 2.24) is 9.47 Å². The van der Waals surface area contributed by atoms with E-state index in [2.05, 4.69) is 6.07 Å². The summed E-state index contributed by atoms with van der Waals surface area (Å²) < 4.78 is 6.84. The van der Waals surface area contributed by atoms with Gasteiger partial charge in [-0.1, -0.05) is 12.1 Å². The van der Waals surface area contributed by atoms with Gasteiger partial charge in [-0.3, -0.25) is 4.79 Å². The summed E-state index contributed by atoms with van der Waals surface area (Å²) >= 11 is 0. The van der Waals surface area contributed by atoms with Gasteiger partial charge in [0.05, 0.1) is 18.7 Å². The molecule has 2 atom stereocenters. The number of likely N-dealkylation sites (tertiary alicyclic amines) is 1. The minimum Gasteiger partial charge on any atom is -0.497 e. The Kier molecular flexibility index (Phi) is 4.75. The number of methoxy groups -OCH3 is 1. The number of nitrogens with zero attached hydrogens (tertiary/aromatic N) is 3. The molecule has 1 aliphatic heterocycles. The van der Waals surface area contributed by atoms with Crippen molar-refractivity contribution >= 4 is 5.91 Å². The Bertz CT molecular complexity index is 846. The van der Waals surface area contributed by atoms with Gasteiger partial charge in [0.2, 0.25) is 0 Å². The molecule has 0 saturated carbocycles. The van der Waals surface area contributed by atoms with Crippen LogP contribution in [-0.4, -0.2) is 40.2 Å². The van der Waals surface area contributed by atoms with Crippen molar-refractivity contribution in [3.8, 4) is 11.8 Å². The van der Waals surface area contributed by atoms with Gasteiger partial charge in [0.15, 0.2) is 0 Å². The van der Waals surface area contributed by atoms with Crippen molar-refractivity contribution in [3.63, 3.8) is 0 Å². The van der Waals surface area contributed by atoms with Gasteiger partial charge in [0.1, 0.15) is 23.1 Å². The van der Waals surface area contributed by atoms with Crippen LogP contribution in [-0.2, 0) is 12.6 Å². The number of amides is 1. The molecule has 1 amide bonds. The highest BCUT2D eigenvalue weighted by atomic mass is 16.5. The maximum atomic E-state index is 13.1. The molecular weight excluding hydrogens is 330 g/mol. The predicted octanol–water partition coefficient (Wildman–Crippen LogP) is 2.42. The smallest absolute Gasteiger partial charge is 0.270 e. The molecule has 1 N–H and O–H groups in total. The molecule has 2 aromatic rings. The van der Waals surface area contributed by atoms with Crippen LogP contribution >= 0.6 is 0 Å². The summed E-state index contributed by atoms with van der Waals surface area (Å²) in [4.78, 5) is 14.8. The molecule has 6 nitrogen and oxygen atoms in total. The number of carbonyl (C=O) groups is 1. The summed E-state index contributed by atoms with van der Waals surface area (Å²) in [5, 5.41) is 20.3. The van der Waals surface area contributed by atoms with Crippen molar-refractivity contribution in [1.29, 1.82) is 5.26 Å². The van der Waals surface area contributed by atoms with Crippen LogP contribution in [0.15, 0.2) is 36.5 Å². The van der Waals surface area contributed by atoms with Crippen LogP contribution < -0.4 is 4.74 Å². The molecule has 0 aliphatic carbocycles. The van der Waals surface area contributed by atoms with E-state index < -0.39 is 5.60 Å². The number of benzene rings is 1. The van der Waals surface area contributed by atoms with E-state index in [0.29, 0.717) is 17.8 Å². The molecule has 1 saturated heterocycles. The van der Waals surface area contributed by atoms with E-state index in [1.807, 2.05) is 12.1 Å². The number of aryl methyl sites for hydroxylation is 1. The number of aromatic nitrogens is 1. The Morgan fingerprint density at radius 2 is 2.08 bits per heavy atom. The van der Waals surface area contributed by atoms with Crippen LogP contribution in [0.25, 0.3) is 0 Å². The van der Waals surface area contributed by atoms with Gasteiger partial charge in [-0.15, -0.1) is 0 Å². The van der Waals surface area contributed by atoms with Gasteiger partial charge in [0, 0.05) is 19.8 Å². The number of nitriles is 1. The summed E-state index contributed by atoms with van der Waals surface area (Å²) in [5.74, 6) is 0.557. The molecular formula is C20H23N3O3. The third-order valence-electron chi connectivity index (χ3n) is 5.19. The van der Waals surface area contributed by atoms with Crippen molar-refractivity contribution in [2.45, 2.75) is 31.4 Å². The van der Waals surface area contributed by atoms with Crippen LogP contribution in [0.5, 0.6) is 5.75 Å². The highest BCUT2D eigenvalue weighted by Crippen LogP contribution is 2.36. The first kappa shape index (κ1) is 18.0. The number of aliphatic hydroxyl groups is 1. The molecule has 2 unspecified atom stereocenters. The second-order valence-corrected chi connectivity index (χ2v) is 6.87. The van der Waals surface area contributed by atoms with Crippen LogP contribution in [0.3, 0.4) is 0 Å². The number of hydrogen-bond acceptors (Lipinski definition) is 4. The number of carbonyl (C=O) groups excluding carboxylic acids is 1. The minimum absolute atomic E-state index is 0.162. The molecule has 1 aromatic heterocycles. The Balaban J connectivity index is 1.89. The first-order valence-corrected chi connectivity index (χ1v) is 8.63. The molecule has 1 aromatic carbocycles. The largest absolute Gasteiger partial charge is 0.497 e.